The van der Waals surface area contributed by atoms with Crippen molar-refractivity contribution in [2.24, 2.45) is 0 Å². The number of nitrogens with one attached hydrogen (secondary N) is 1. The fourth-order valence-electron chi connectivity index (χ4n) is 3.70. The standard InChI is InChI=1S/C27H38N2O2/c1-6-21(5)28-27(31)25(8-3)29(19-24-11-9-10-20(4)18-24)26(30)17-16-23-14-12-22(7-2)13-15-23/h9-15,18,21,25H,6-8,16-17,19H2,1-5H3,(H,28,31)/t21-,25+/m0/s1. The third kappa shape index (κ3) is 7.54. The van der Waals surface area contributed by atoms with E-state index in [-0.39, 0.29) is 17.9 Å². The Balaban J connectivity index is 2.19. The minimum atomic E-state index is -0.468. The molecule has 2 atom stereocenters. The van der Waals surface area contributed by atoms with Crippen LogP contribution in [0.1, 0.15) is 69.2 Å². The lowest BCUT2D eigenvalue weighted by molar-refractivity contribution is -0.141. The zero-order valence-electron chi connectivity index (χ0n) is 19.8. The van der Waals surface area contributed by atoms with Crippen molar-refractivity contribution in [3.63, 3.8) is 0 Å². The summed E-state index contributed by atoms with van der Waals surface area (Å²) in [5.41, 5.74) is 4.65. The molecular formula is C27H38N2O2. The minimum absolute atomic E-state index is 0.0206. The molecule has 2 aromatic carbocycles. The summed E-state index contributed by atoms with van der Waals surface area (Å²) in [7, 11) is 0. The smallest absolute Gasteiger partial charge is 0.243 e. The van der Waals surface area contributed by atoms with Crippen LogP contribution >= 0.6 is 0 Å². The van der Waals surface area contributed by atoms with Crippen molar-refractivity contribution in [3.8, 4) is 0 Å². The van der Waals surface area contributed by atoms with Crippen LogP contribution in [0.2, 0.25) is 0 Å². The Kier molecular flexibility index (Phi) is 9.77. The maximum atomic E-state index is 13.3. The first-order valence-corrected chi connectivity index (χ1v) is 11.6. The zero-order chi connectivity index (χ0) is 22.8. The van der Waals surface area contributed by atoms with Gasteiger partial charge in [-0.05, 0) is 56.2 Å². The number of rotatable bonds is 11. The van der Waals surface area contributed by atoms with Crippen LogP contribution in [-0.4, -0.2) is 28.8 Å². The predicted octanol–water partition coefficient (Wildman–Crippen LogP) is 5.21. The molecule has 0 radical (unpaired) electrons. The number of amides is 2. The van der Waals surface area contributed by atoms with E-state index < -0.39 is 6.04 Å². The molecule has 4 heteroatoms. The molecule has 0 spiro atoms. The van der Waals surface area contributed by atoms with Gasteiger partial charge in [0, 0.05) is 19.0 Å². The number of carbonyl (C=O) groups is 2. The normalized spacial score (nSPS) is 12.8. The summed E-state index contributed by atoms with van der Waals surface area (Å²) in [6.45, 7) is 10.6. The van der Waals surface area contributed by atoms with Gasteiger partial charge in [-0.25, -0.2) is 0 Å². The highest BCUT2D eigenvalue weighted by Crippen LogP contribution is 2.17. The van der Waals surface area contributed by atoms with E-state index in [1.807, 2.05) is 45.9 Å². The van der Waals surface area contributed by atoms with Gasteiger partial charge in [0.05, 0.1) is 0 Å². The molecule has 2 rings (SSSR count). The molecule has 0 aliphatic carbocycles. The van der Waals surface area contributed by atoms with Crippen molar-refractivity contribution in [3.05, 3.63) is 70.8 Å². The monoisotopic (exact) mass is 422 g/mol. The molecule has 0 aromatic heterocycles. The van der Waals surface area contributed by atoms with E-state index >= 15 is 0 Å². The lowest BCUT2D eigenvalue weighted by Gasteiger charge is -2.31. The van der Waals surface area contributed by atoms with Crippen LogP contribution < -0.4 is 5.32 Å². The van der Waals surface area contributed by atoms with E-state index in [0.717, 1.165) is 29.5 Å². The van der Waals surface area contributed by atoms with E-state index in [4.69, 9.17) is 0 Å². The Morgan fingerprint density at radius 3 is 2.19 bits per heavy atom. The quantitative estimate of drug-likeness (QED) is 0.540. The van der Waals surface area contributed by atoms with Crippen LogP contribution in [0, 0.1) is 6.92 Å². The van der Waals surface area contributed by atoms with Crippen LogP contribution in [0.4, 0.5) is 0 Å². The van der Waals surface area contributed by atoms with Crippen molar-refractivity contribution in [1.82, 2.24) is 10.2 Å². The van der Waals surface area contributed by atoms with Gasteiger partial charge < -0.3 is 10.2 Å². The van der Waals surface area contributed by atoms with Crippen LogP contribution in [0.5, 0.6) is 0 Å². The molecule has 31 heavy (non-hydrogen) atoms. The summed E-state index contributed by atoms with van der Waals surface area (Å²) < 4.78 is 0. The molecular weight excluding hydrogens is 384 g/mol. The van der Waals surface area contributed by atoms with Gasteiger partial charge in [0.1, 0.15) is 6.04 Å². The Morgan fingerprint density at radius 2 is 1.61 bits per heavy atom. The molecule has 0 unspecified atom stereocenters. The van der Waals surface area contributed by atoms with E-state index in [1.165, 1.54) is 5.56 Å². The Hall–Kier alpha value is -2.62. The second kappa shape index (κ2) is 12.3. The van der Waals surface area contributed by atoms with E-state index in [0.29, 0.717) is 25.8 Å². The van der Waals surface area contributed by atoms with Gasteiger partial charge in [-0.15, -0.1) is 0 Å². The van der Waals surface area contributed by atoms with Crippen molar-refractivity contribution in [2.45, 2.75) is 85.4 Å². The van der Waals surface area contributed by atoms with Gasteiger partial charge in [-0.1, -0.05) is 74.9 Å². The zero-order valence-corrected chi connectivity index (χ0v) is 19.8. The molecule has 0 saturated carbocycles. The number of hydrogen-bond acceptors (Lipinski definition) is 2. The summed E-state index contributed by atoms with van der Waals surface area (Å²) in [5.74, 6) is -0.0441. The molecule has 1 N–H and O–H groups in total. The maximum absolute atomic E-state index is 13.3. The lowest BCUT2D eigenvalue weighted by atomic mass is 10.0. The third-order valence-corrected chi connectivity index (χ3v) is 5.88. The summed E-state index contributed by atoms with van der Waals surface area (Å²) in [6, 6.07) is 16.2. The molecule has 4 nitrogen and oxygen atoms in total. The molecule has 0 aliphatic heterocycles. The number of aryl methyl sites for hydroxylation is 3. The highest BCUT2D eigenvalue weighted by molar-refractivity contribution is 5.87. The number of carbonyl (C=O) groups excluding carboxylic acids is 2. The number of hydrogen-bond donors (Lipinski definition) is 1. The van der Waals surface area contributed by atoms with E-state index in [1.54, 1.807) is 4.90 Å². The maximum Gasteiger partial charge on any atom is 0.243 e. The van der Waals surface area contributed by atoms with E-state index in [2.05, 4.69) is 42.6 Å². The lowest BCUT2D eigenvalue weighted by Crippen LogP contribution is -2.50. The van der Waals surface area contributed by atoms with Gasteiger partial charge in [0.15, 0.2) is 0 Å². The van der Waals surface area contributed by atoms with Crippen LogP contribution in [0.15, 0.2) is 48.5 Å². The van der Waals surface area contributed by atoms with Crippen molar-refractivity contribution < 1.29 is 9.59 Å². The highest BCUT2D eigenvalue weighted by Gasteiger charge is 2.29. The first-order valence-electron chi connectivity index (χ1n) is 11.6. The van der Waals surface area contributed by atoms with Gasteiger partial charge in [-0.2, -0.15) is 0 Å². The number of benzene rings is 2. The minimum Gasteiger partial charge on any atom is -0.352 e. The van der Waals surface area contributed by atoms with Gasteiger partial charge in [0.2, 0.25) is 11.8 Å². The van der Waals surface area contributed by atoms with Gasteiger partial charge in [0.25, 0.3) is 0 Å². The largest absolute Gasteiger partial charge is 0.352 e. The molecule has 0 aliphatic rings. The molecule has 0 heterocycles. The summed E-state index contributed by atoms with van der Waals surface area (Å²) in [4.78, 5) is 28.1. The topological polar surface area (TPSA) is 49.4 Å². The molecule has 2 aromatic rings. The van der Waals surface area contributed by atoms with Crippen LogP contribution in [0.25, 0.3) is 0 Å². The average molecular weight is 423 g/mol. The van der Waals surface area contributed by atoms with Crippen LogP contribution in [0.3, 0.4) is 0 Å². The van der Waals surface area contributed by atoms with Gasteiger partial charge >= 0.3 is 0 Å². The van der Waals surface area contributed by atoms with Crippen molar-refractivity contribution in [2.75, 3.05) is 0 Å². The third-order valence-electron chi connectivity index (χ3n) is 5.88. The van der Waals surface area contributed by atoms with Gasteiger partial charge in [-0.3, -0.25) is 9.59 Å². The Morgan fingerprint density at radius 1 is 0.935 bits per heavy atom. The second-order valence-corrected chi connectivity index (χ2v) is 8.42. The predicted molar refractivity (Wildman–Crippen MR) is 128 cm³/mol. The second-order valence-electron chi connectivity index (χ2n) is 8.42. The number of nitrogens with zero attached hydrogens (tertiary/aromatic N) is 1. The fraction of sp³-hybridized carbons (Fsp3) is 0.481. The van der Waals surface area contributed by atoms with Crippen molar-refractivity contribution in [1.29, 1.82) is 0 Å². The first kappa shape index (κ1) is 24.6. The molecule has 0 fully saturated rings. The molecule has 0 saturated heterocycles. The highest BCUT2D eigenvalue weighted by atomic mass is 16.2. The summed E-state index contributed by atoms with van der Waals surface area (Å²) >= 11 is 0. The Bertz CT molecular complexity index is 845. The van der Waals surface area contributed by atoms with E-state index in [9.17, 15) is 9.59 Å². The Labute approximate surface area is 188 Å². The molecule has 0 bridgehead atoms. The van der Waals surface area contributed by atoms with Crippen LogP contribution in [-0.2, 0) is 29.0 Å². The molecule has 168 valence electrons. The van der Waals surface area contributed by atoms with Crippen molar-refractivity contribution >= 4 is 11.8 Å². The first-order chi connectivity index (χ1) is 14.9. The average Bonchev–Trinajstić information content (AvgIpc) is 2.77. The SMILES string of the molecule is CCc1ccc(CCC(=O)N(Cc2cccc(C)c2)[C@H](CC)C(=O)N[C@@H](C)CC)cc1. The summed E-state index contributed by atoms with van der Waals surface area (Å²) in [6.07, 6.45) is 3.53. The summed E-state index contributed by atoms with van der Waals surface area (Å²) in [5, 5.41) is 3.07. The molecule has 2 amide bonds. The fourth-order valence-corrected chi connectivity index (χ4v) is 3.70.